The van der Waals surface area contributed by atoms with Gasteiger partial charge in [0.1, 0.15) is 12.1 Å². The third-order valence-electron chi connectivity index (χ3n) is 7.28. The average molecular weight is 519 g/mol. The first kappa shape index (κ1) is 23.6. The molecule has 188 valence electrons. The van der Waals surface area contributed by atoms with Crippen LogP contribution in [-0.4, -0.2) is 32.5 Å². The maximum atomic E-state index is 14.2. The summed E-state index contributed by atoms with van der Waals surface area (Å²) in [4.78, 5) is 30.8. The molecule has 1 aliphatic heterocycles. The van der Waals surface area contributed by atoms with Crippen LogP contribution in [0.25, 0.3) is 16.8 Å². The highest BCUT2D eigenvalue weighted by atomic mass is 35.5. The molecule has 0 saturated heterocycles. The summed E-state index contributed by atoms with van der Waals surface area (Å²) < 4.78 is 15.8. The van der Waals surface area contributed by atoms with Crippen LogP contribution < -0.4 is 16.4 Å². The first-order valence-corrected chi connectivity index (χ1v) is 12.6. The minimum atomic E-state index is -0.729. The van der Waals surface area contributed by atoms with Crippen LogP contribution in [0.4, 0.5) is 10.1 Å². The molecule has 2 aliphatic rings. The van der Waals surface area contributed by atoms with E-state index in [4.69, 9.17) is 17.3 Å². The smallest absolute Gasteiger partial charge is 0.252 e. The summed E-state index contributed by atoms with van der Waals surface area (Å²) in [7, 11) is 0. The Kier molecular flexibility index (Phi) is 5.89. The predicted molar refractivity (Wildman–Crippen MR) is 138 cm³/mol. The van der Waals surface area contributed by atoms with Crippen LogP contribution in [0.1, 0.15) is 53.2 Å². The van der Waals surface area contributed by atoms with Gasteiger partial charge in [0.15, 0.2) is 5.65 Å². The largest absolute Gasteiger partial charge is 0.341 e. The van der Waals surface area contributed by atoms with Crippen LogP contribution in [-0.2, 0) is 4.79 Å². The molecular weight excluding hydrogens is 495 g/mol. The van der Waals surface area contributed by atoms with Crippen LogP contribution in [0.5, 0.6) is 0 Å². The van der Waals surface area contributed by atoms with Gasteiger partial charge in [-0.15, -0.1) is 0 Å². The number of nitrogens with two attached hydrogens (primary N) is 1. The lowest BCUT2D eigenvalue weighted by Crippen LogP contribution is -2.40. The molecule has 2 aromatic heterocycles. The Morgan fingerprint density at radius 1 is 1.14 bits per heavy atom. The average Bonchev–Trinajstić information content (AvgIpc) is 3.49. The Labute approximate surface area is 217 Å². The fourth-order valence-electron chi connectivity index (χ4n) is 5.37. The van der Waals surface area contributed by atoms with Gasteiger partial charge in [-0.25, -0.2) is 13.9 Å². The Morgan fingerprint density at radius 2 is 1.97 bits per heavy atom. The van der Waals surface area contributed by atoms with Gasteiger partial charge in [0.05, 0.1) is 12.0 Å². The number of halogens is 2. The van der Waals surface area contributed by atoms with E-state index in [1.54, 1.807) is 16.8 Å². The molecule has 4 aromatic rings. The van der Waals surface area contributed by atoms with Gasteiger partial charge in [-0.1, -0.05) is 24.4 Å². The van der Waals surface area contributed by atoms with Gasteiger partial charge in [0.2, 0.25) is 5.91 Å². The van der Waals surface area contributed by atoms with Gasteiger partial charge in [-0.2, -0.15) is 5.10 Å². The highest BCUT2D eigenvalue weighted by Gasteiger charge is 2.36. The molecule has 1 aliphatic carbocycles. The molecule has 3 unspecified atom stereocenters. The number of aromatic nitrogens is 3. The molecule has 4 N–H and O–H groups in total. The second-order valence-electron chi connectivity index (χ2n) is 9.58. The van der Waals surface area contributed by atoms with E-state index in [-0.39, 0.29) is 23.8 Å². The molecule has 8 nitrogen and oxygen atoms in total. The van der Waals surface area contributed by atoms with Gasteiger partial charge in [-0.3, -0.25) is 9.59 Å². The Hall–Kier alpha value is -3.82. The number of fused-ring (bicyclic) bond motifs is 2. The molecule has 10 heteroatoms. The second kappa shape index (κ2) is 9.24. The molecular formula is C27H24ClFN6O2. The minimum Gasteiger partial charge on any atom is -0.341 e. The molecule has 0 bridgehead atoms. The molecule has 2 aromatic carbocycles. The summed E-state index contributed by atoms with van der Waals surface area (Å²) in [5.74, 6) is -1.34. The standard InChI is InChI=1S/C27H24ClFN6O2/c28-20-7-6-16(29)11-18(20)25-24-19(27(37)34-25)9-15(14-5-8-23-31-13-32-35(23)12-14)10-22(24)33-26(36)17-3-1-2-4-21(17)30/h5-13,17,21,25H,1-4,30H2,(H,33,36)(H,34,37). The summed E-state index contributed by atoms with van der Waals surface area (Å²) in [5, 5.41) is 10.5. The van der Waals surface area contributed by atoms with E-state index in [1.807, 2.05) is 18.2 Å². The van der Waals surface area contributed by atoms with Crippen molar-refractivity contribution in [3.05, 3.63) is 82.5 Å². The van der Waals surface area contributed by atoms with E-state index < -0.39 is 11.9 Å². The number of carbonyl (C=O) groups excluding carboxylic acids is 2. The van der Waals surface area contributed by atoms with E-state index in [2.05, 4.69) is 20.7 Å². The summed E-state index contributed by atoms with van der Waals surface area (Å²) >= 11 is 6.42. The molecule has 6 rings (SSSR count). The van der Waals surface area contributed by atoms with Gasteiger partial charge in [0, 0.05) is 45.2 Å². The van der Waals surface area contributed by atoms with Crippen LogP contribution in [0.15, 0.2) is 55.0 Å². The zero-order chi connectivity index (χ0) is 25.7. The number of hydrogen-bond acceptors (Lipinski definition) is 5. The van der Waals surface area contributed by atoms with Crippen molar-refractivity contribution in [2.45, 2.75) is 37.8 Å². The quantitative estimate of drug-likeness (QED) is 0.368. The number of pyridine rings is 1. The van der Waals surface area contributed by atoms with Gasteiger partial charge < -0.3 is 16.4 Å². The Balaban J connectivity index is 1.49. The number of anilines is 1. The van der Waals surface area contributed by atoms with E-state index in [9.17, 15) is 14.0 Å². The third kappa shape index (κ3) is 4.24. The number of rotatable bonds is 4. The molecule has 3 heterocycles. The summed E-state index contributed by atoms with van der Waals surface area (Å²) in [5.41, 5.74) is 10.3. The van der Waals surface area contributed by atoms with Crippen LogP contribution in [0.2, 0.25) is 5.02 Å². The Morgan fingerprint density at radius 3 is 2.81 bits per heavy atom. The lowest BCUT2D eigenvalue weighted by molar-refractivity contribution is -0.121. The zero-order valence-electron chi connectivity index (χ0n) is 19.7. The first-order chi connectivity index (χ1) is 17.9. The lowest BCUT2D eigenvalue weighted by Gasteiger charge is -2.28. The lowest BCUT2D eigenvalue weighted by atomic mass is 9.84. The summed E-state index contributed by atoms with van der Waals surface area (Å²) in [6, 6.07) is 10.4. The topological polar surface area (TPSA) is 114 Å². The van der Waals surface area contributed by atoms with Gasteiger partial charge >= 0.3 is 0 Å². The number of benzene rings is 2. The van der Waals surface area contributed by atoms with Crippen molar-refractivity contribution in [3.8, 4) is 11.1 Å². The Bertz CT molecular complexity index is 1550. The first-order valence-electron chi connectivity index (χ1n) is 12.2. The maximum Gasteiger partial charge on any atom is 0.252 e. The van der Waals surface area contributed by atoms with Crippen molar-refractivity contribution in [1.29, 1.82) is 0 Å². The van der Waals surface area contributed by atoms with Gasteiger partial charge in [0.25, 0.3) is 5.91 Å². The molecule has 3 atom stereocenters. The fraction of sp³-hybridized carbons (Fsp3) is 0.259. The van der Waals surface area contributed by atoms with E-state index in [1.165, 1.54) is 24.5 Å². The summed E-state index contributed by atoms with van der Waals surface area (Å²) in [6.07, 6.45) is 6.69. The normalized spacial score (nSPS) is 21.1. The molecule has 1 fully saturated rings. The third-order valence-corrected chi connectivity index (χ3v) is 7.62. The molecule has 37 heavy (non-hydrogen) atoms. The monoisotopic (exact) mass is 518 g/mol. The number of nitrogens with zero attached hydrogens (tertiary/aromatic N) is 3. The number of amides is 2. The van der Waals surface area contributed by atoms with Crippen molar-refractivity contribution in [2.75, 3.05) is 5.32 Å². The van der Waals surface area contributed by atoms with E-state index in [0.29, 0.717) is 45.0 Å². The molecule has 2 amide bonds. The van der Waals surface area contributed by atoms with Crippen LogP contribution in [0.3, 0.4) is 0 Å². The minimum absolute atomic E-state index is 0.193. The molecule has 1 saturated carbocycles. The van der Waals surface area contributed by atoms with Gasteiger partial charge in [-0.05, 0) is 60.9 Å². The predicted octanol–water partition coefficient (Wildman–Crippen LogP) is 4.48. The van der Waals surface area contributed by atoms with Crippen molar-refractivity contribution < 1.29 is 14.0 Å². The van der Waals surface area contributed by atoms with Crippen molar-refractivity contribution >= 4 is 34.7 Å². The summed E-state index contributed by atoms with van der Waals surface area (Å²) in [6.45, 7) is 0. The van der Waals surface area contributed by atoms with Crippen molar-refractivity contribution in [2.24, 2.45) is 11.7 Å². The zero-order valence-corrected chi connectivity index (χ0v) is 20.5. The second-order valence-corrected chi connectivity index (χ2v) is 9.99. The maximum absolute atomic E-state index is 14.2. The molecule has 0 spiro atoms. The number of nitrogens with one attached hydrogen (secondary N) is 2. The highest BCUT2D eigenvalue weighted by molar-refractivity contribution is 6.31. The van der Waals surface area contributed by atoms with Crippen molar-refractivity contribution in [3.63, 3.8) is 0 Å². The number of carbonyl (C=O) groups is 2. The van der Waals surface area contributed by atoms with Crippen LogP contribution in [0, 0.1) is 11.7 Å². The number of hydrogen-bond donors (Lipinski definition) is 3. The highest BCUT2D eigenvalue weighted by Crippen LogP contribution is 2.42. The van der Waals surface area contributed by atoms with Crippen molar-refractivity contribution in [1.82, 2.24) is 19.9 Å². The molecule has 0 radical (unpaired) electrons. The fourth-order valence-corrected chi connectivity index (χ4v) is 5.60. The van der Waals surface area contributed by atoms with E-state index >= 15 is 0 Å². The van der Waals surface area contributed by atoms with E-state index in [0.717, 1.165) is 24.8 Å². The SMILES string of the molecule is NC1CCCCC1C(=O)Nc1cc(-c2ccc3ncnn3c2)cc2c1C(c1cc(F)ccc1Cl)NC2=O. The van der Waals surface area contributed by atoms with Crippen LogP contribution >= 0.6 is 11.6 Å².